The minimum atomic E-state index is -0.356. The quantitative estimate of drug-likeness (QED) is 0.863. The Labute approximate surface area is 106 Å². The first-order valence-electron chi connectivity index (χ1n) is 5.24. The summed E-state index contributed by atoms with van der Waals surface area (Å²) in [7, 11) is 0. The highest BCUT2D eigenvalue weighted by Crippen LogP contribution is 2.20. The predicted octanol–water partition coefficient (Wildman–Crippen LogP) is 3.88. The summed E-state index contributed by atoms with van der Waals surface area (Å²) in [6.45, 7) is 4.15. The molecule has 0 saturated carbocycles. The van der Waals surface area contributed by atoms with Crippen LogP contribution in [-0.4, -0.2) is 18.1 Å². The van der Waals surface area contributed by atoms with E-state index in [0.717, 1.165) is 11.3 Å². The highest BCUT2D eigenvalue weighted by atomic mass is 35.5. The third-order valence-corrected chi connectivity index (χ3v) is 3.53. The van der Waals surface area contributed by atoms with Crippen molar-refractivity contribution in [3.8, 4) is 0 Å². The standard InChI is InChI=1S/C12H17ClFNS/c1-8(7-16-3)15-9(2)10-4-5-11(13)12(14)6-10/h4-6,8-9,15H,7H2,1-3H3. The van der Waals surface area contributed by atoms with Gasteiger partial charge in [-0.25, -0.2) is 4.39 Å². The van der Waals surface area contributed by atoms with Crippen molar-refractivity contribution in [3.63, 3.8) is 0 Å². The van der Waals surface area contributed by atoms with Crippen LogP contribution in [0.4, 0.5) is 4.39 Å². The molecule has 16 heavy (non-hydrogen) atoms. The third kappa shape index (κ3) is 3.96. The van der Waals surface area contributed by atoms with E-state index in [1.807, 2.05) is 13.0 Å². The van der Waals surface area contributed by atoms with Crippen molar-refractivity contribution in [2.45, 2.75) is 25.9 Å². The molecule has 1 rings (SSSR count). The van der Waals surface area contributed by atoms with Gasteiger partial charge in [0.15, 0.2) is 0 Å². The average molecular weight is 262 g/mol. The van der Waals surface area contributed by atoms with E-state index < -0.39 is 0 Å². The van der Waals surface area contributed by atoms with Gasteiger partial charge in [-0.2, -0.15) is 11.8 Å². The molecule has 0 spiro atoms. The fourth-order valence-electron chi connectivity index (χ4n) is 1.60. The van der Waals surface area contributed by atoms with Crippen LogP contribution in [0.25, 0.3) is 0 Å². The summed E-state index contributed by atoms with van der Waals surface area (Å²) in [6.07, 6.45) is 2.07. The molecular weight excluding hydrogens is 245 g/mol. The van der Waals surface area contributed by atoms with Crippen LogP contribution in [-0.2, 0) is 0 Å². The van der Waals surface area contributed by atoms with Crippen LogP contribution in [0.1, 0.15) is 25.5 Å². The second-order valence-electron chi connectivity index (χ2n) is 3.92. The predicted molar refractivity (Wildman–Crippen MR) is 70.8 cm³/mol. The molecule has 0 aliphatic heterocycles. The van der Waals surface area contributed by atoms with Gasteiger partial charge in [0.2, 0.25) is 0 Å². The van der Waals surface area contributed by atoms with Gasteiger partial charge in [-0.15, -0.1) is 0 Å². The van der Waals surface area contributed by atoms with E-state index in [2.05, 4.69) is 18.5 Å². The lowest BCUT2D eigenvalue weighted by molar-refractivity contribution is 0.508. The zero-order valence-corrected chi connectivity index (χ0v) is 11.3. The van der Waals surface area contributed by atoms with E-state index in [1.54, 1.807) is 17.8 Å². The molecule has 0 heterocycles. The van der Waals surface area contributed by atoms with Gasteiger partial charge in [-0.3, -0.25) is 0 Å². The summed E-state index contributed by atoms with van der Waals surface area (Å²) in [5, 5.41) is 3.59. The average Bonchev–Trinajstić information content (AvgIpc) is 2.22. The minimum absolute atomic E-state index is 0.133. The lowest BCUT2D eigenvalue weighted by Gasteiger charge is -2.19. The maximum atomic E-state index is 13.3. The number of halogens is 2. The first-order chi connectivity index (χ1) is 7.54. The molecule has 1 nitrogen and oxygen atoms in total. The van der Waals surface area contributed by atoms with Crippen molar-refractivity contribution in [1.82, 2.24) is 5.32 Å². The van der Waals surface area contributed by atoms with E-state index in [9.17, 15) is 4.39 Å². The molecule has 0 amide bonds. The lowest BCUT2D eigenvalue weighted by atomic mass is 10.1. The summed E-state index contributed by atoms with van der Waals surface area (Å²) in [6, 6.07) is 5.49. The molecule has 2 atom stereocenters. The van der Waals surface area contributed by atoms with Crippen LogP contribution in [0, 0.1) is 5.82 Å². The smallest absolute Gasteiger partial charge is 0.142 e. The van der Waals surface area contributed by atoms with Crippen molar-refractivity contribution >= 4 is 23.4 Å². The highest BCUT2D eigenvalue weighted by molar-refractivity contribution is 7.98. The minimum Gasteiger partial charge on any atom is -0.307 e. The number of nitrogens with one attached hydrogen (secondary N) is 1. The molecule has 0 saturated heterocycles. The second kappa shape index (κ2) is 6.48. The topological polar surface area (TPSA) is 12.0 Å². The Morgan fingerprint density at radius 1 is 1.44 bits per heavy atom. The Hall–Kier alpha value is -0.250. The van der Waals surface area contributed by atoms with Gasteiger partial charge >= 0.3 is 0 Å². The maximum absolute atomic E-state index is 13.3. The van der Waals surface area contributed by atoms with Gasteiger partial charge in [0.25, 0.3) is 0 Å². The van der Waals surface area contributed by atoms with E-state index >= 15 is 0 Å². The summed E-state index contributed by atoms with van der Waals surface area (Å²) >= 11 is 7.44. The SMILES string of the molecule is CSCC(C)NC(C)c1ccc(Cl)c(F)c1. The summed E-state index contributed by atoms with van der Waals surface area (Å²) in [5.41, 5.74) is 0.926. The van der Waals surface area contributed by atoms with E-state index in [0.29, 0.717) is 6.04 Å². The summed E-state index contributed by atoms with van der Waals surface area (Å²) in [5.74, 6) is 0.686. The Morgan fingerprint density at radius 2 is 2.12 bits per heavy atom. The second-order valence-corrected chi connectivity index (χ2v) is 5.24. The van der Waals surface area contributed by atoms with Crippen LogP contribution in [0.5, 0.6) is 0 Å². The molecule has 1 aromatic rings. The van der Waals surface area contributed by atoms with Gasteiger partial charge in [0.05, 0.1) is 5.02 Å². The first kappa shape index (κ1) is 13.8. The monoisotopic (exact) mass is 261 g/mol. The molecule has 0 fully saturated rings. The van der Waals surface area contributed by atoms with E-state index in [1.165, 1.54) is 6.07 Å². The Kier molecular flexibility index (Phi) is 5.59. The van der Waals surface area contributed by atoms with E-state index in [-0.39, 0.29) is 16.9 Å². The molecule has 0 radical (unpaired) electrons. The molecule has 0 bridgehead atoms. The van der Waals surface area contributed by atoms with Crippen LogP contribution >= 0.6 is 23.4 Å². The van der Waals surface area contributed by atoms with Crippen LogP contribution in [0.15, 0.2) is 18.2 Å². The molecule has 90 valence electrons. The molecule has 1 N–H and O–H groups in total. The number of hydrogen-bond acceptors (Lipinski definition) is 2. The van der Waals surface area contributed by atoms with Crippen molar-refractivity contribution in [2.24, 2.45) is 0 Å². The molecule has 1 aromatic carbocycles. The molecule has 0 aromatic heterocycles. The van der Waals surface area contributed by atoms with Crippen molar-refractivity contribution in [3.05, 3.63) is 34.6 Å². The molecular formula is C12H17ClFNS. The number of rotatable bonds is 5. The fraction of sp³-hybridized carbons (Fsp3) is 0.500. The Balaban J connectivity index is 2.65. The van der Waals surface area contributed by atoms with Crippen molar-refractivity contribution in [1.29, 1.82) is 0 Å². The van der Waals surface area contributed by atoms with Gasteiger partial charge in [-0.1, -0.05) is 17.7 Å². The third-order valence-electron chi connectivity index (χ3n) is 2.39. The van der Waals surface area contributed by atoms with Gasteiger partial charge < -0.3 is 5.32 Å². The molecule has 2 unspecified atom stereocenters. The van der Waals surface area contributed by atoms with Gasteiger partial charge in [-0.05, 0) is 37.8 Å². The molecule has 4 heteroatoms. The Bertz CT molecular complexity index is 346. The number of benzene rings is 1. The zero-order valence-electron chi connectivity index (χ0n) is 9.76. The number of thioether (sulfide) groups is 1. The largest absolute Gasteiger partial charge is 0.307 e. The normalized spacial score (nSPS) is 14.8. The van der Waals surface area contributed by atoms with Crippen LogP contribution in [0.3, 0.4) is 0 Å². The zero-order chi connectivity index (χ0) is 12.1. The first-order valence-corrected chi connectivity index (χ1v) is 7.01. The lowest BCUT2D eigenvalue weighted by Crippen LogP contribution is -2.30. The van der Waals surface area contributed by atoms with E-state index in [4.69, 9.17) is 11.6 Å². The van der Waals surface area contributed by atoms with Gasteiger partial charge in [0, 0.05) is 17.8 Å². The van der Waals surface area contributed by atoms with Crippen molar-refractivity contribution < 1.29 is 4.39 Å². The van der Waals surface area contributed by atoms with Gasteiger partial charge in [0.1, 0.15) is 5.82 Å². The summed E-state index contributed by atoms with van der Waals surface area (Å²) in [4.78, 5) is 0. The van der Waals surface area contributed by atoms with Crippen LogP contribution in [0.2, 0.25) is 5.02 Å². The molecule has 0 aliphatic rings. The Morgan fingerprint density at radius 3 is 2.69 bits per heavy atom. The number of hydrogen-bond donors (Lipinski definition) is 1. The fourth-order valence-corrected chi connectivity index (χ4v) is 2.32. The van der Waals surface area contributed by atoms with Crippen molar-refractivity contribution in [2.75, 3.05) is 12.0 Å². The maximum Gasteiger partial charge on any atom is 0.142 e. The highest BCUT2D eigenvalue weighted by Gasteiger charge is 2.10. The summed E-state index contributed by atoms with van der Waals surface area (Å²) < 4.78 is 13.3. The molecule has 0 aliphatic carbocycles. The van der Waals surface area contributed by atoms with Crippen LogP contribution < -0.4 is 5.32 Å².